The molecule has 4 N–H and O–H groups in total. The van der Waals surface area contributed by atoms with Gasteiger partial charge in [0.2, 0.25) is 0 Å². The standard InChI is InChI=1S/C32H34ClN5O9/c1-18(2)28(35-32(44)45-3)31(43)46-17-47-38-26-15-22(11-12-25(26)36-37-38)29(40)34-24(16-27(39)30(41)42)13-19-7-9-20(10-8-19)21-5-4-6-23(33)14-21/h4-12,14-15,18,24,27-28,39H,13,16-17H2,1-3H3,(H,34,40)(H,35,44)(H,41,42)/t24-,27-,28+/m1/s1. The van der Waals surface area contributed by atoms with Gasteiger partial charge in [0.1, 0.15) is 17.1 Å². The van der Waals surface area contributed by atoms with Gasteiger partial charge in [0, 0.05) is 23.0 Å². The van der Waals surface area contributed by atoms with Crippen LogP contribution in [-0.4, -0.2) is 81.4 Å². The normalized spacial score (nSPS) is 13.0. The number of aliphatic carboxylic acids is 1. The van der Waals surface area contributed by atoms with Crippen LogP contribution < -0.4 is 15.5 Å². The van der Waals surface area contributed by atoms with Gasteiger partial charge in [-0.15, -0.1) is 5.10 Å². The molecule has 0 aliphatic heterocycles. The van der Waals surface area contributed by atoms with Gasteiger partial charge in [0.15, 0.2) is 6.10 Å². The first-order valence-corrected chi connectivity index (χ1v) is 14.9. The summed E-state index contributed by atoms with van der Waals surface area (Å²) >= 11 is 6.11. The number of amides is 2. The van der Waals surface area contributed by atoms with E-state index in [0.29, 0.717) is 10.5 Å². The van der Waals surface area contributed by atoms with Crippen LogP contribution >= 0.6 is 11.6 Å². The minimum atomic E-state index is -1.70. The Morgan fingerprint density at radius 2 is 1.72 bits per heavy atom. The largest absolute Gasteiger partial charge is 0.479 e. The molecular weight excluding hydrogens is 634 g/mol. The monoisotopic (exact) mass is 667 g/mol. The summed E-state index contributed by atoms with van der Waals surface area (Å²) in [6.07, 6.45) is -2.49. The molecule has 1 heterocycles. The molecular formula is C32H34ClN5O9. The Morgan fingerprint density at radius 3 is 2.38 bits per heavy atom. The van der Waals surface area contributed by atoms with Gasteiger partial charge >= 0.3 is 18.0 Å². The Morgan fingerprint density at radius 1 is 0.979 bits per heavy atom. The maximum atomic E-state index is 13.3. The first kappa shape index (κ1) is 34.7. The van der Waals surface area contributed by atoms with Crippen molar-refractivity contribution in [3.8, 4) is 11.1 Å². The number of carbonyl (C=O) groups is 4. The van der Waals surface area contributed by atoms with Crippen molar-refractivity contribution in [2.24, 2.45) is 5.92 Å². The van der Waals surface area contributed by atoms with E-state index >= 15 is 0 Å². The number of ether oxygens (including phenoxy) is 2. The fourth-order valence-electron chi connectivity index (χ4n) is 4.66. The van der Waals surface area contributed by atoms with E-state index in [4.69, 9.17) is 21.2 Å². The van der Waals surface area contributed by atoms with Gasteiger partial charge in [-0.05, 0) is 64.6 Å². The van der Waals surface area contributed by atoms with Gasteiger partial charge in [0.05, 0.1) is 7.11 Å². The Bertz CT molecular complexity index is 1730. The van der Waals surface area contributed by atoms with Gasteiger partial charge in [-0.3, -0.25) is 4.79 Å². The lowest BCUT2D eigenvalue weighted by Gasteiger charge is -2.21. The highest BCUT2D eigenvalue weighted by molar-refractivity contribution is 6.30. The zero-order valence-corrected chi connectivity index (χ0v) is 26.5. The van der Waals surface area contributed by atoms with Gasteiger partial charge in [-0.2, -0.15) is 0 Å². The second-order valence-corrected chi connectivity index (χ2v) is 11.3. The van der Waals surface area contributed by atoms with Crippen molar-refractivity contribution in [3.63, 3.8) is 0 Å². The van der Waals surface area contributed by atoms with E-state index in [1.807, 2.05) is 42.5 Å². The van der Waals surface area contributed by atoms with Crippen molar-refractivity contribution in [3.05, 3.63) is 82.9 Å². The number of carboxylic acids is 1. The molecule has 0 saturated heterocycles. The SMILES string of the molecule is COC(=O)N[C@H](C(=O)OCOn1nnc2ccc(C(=O)N[C@H](Cc3ccc(-c4cccc(Cl)c4)cc3)C[C@@H](O)C(=O)O)cc21)C(C)C. The molecule has 0 fully saturated rings. The Hall–Kier alpha value is -5.21. The molecule has 3 aromatic carbocycles. The van der Waals surface area contributed by atoms with Crippen LogP contribution in [0.25, 0.3) is 22.2 Å². The molecule has 0 unspecified atom stereocenters. The van der Waals surface area contributed by atoms with Crippen LogP contribution in [0.5, 0.6) is 0 Å². The van der Waals surface area contributed by atoms with Gasteiger partial charge in [-0.25, -0.2) is 14.4 Å². The average Bonchev–Trinajstić information content (AvgIpc) is 3.45. The molecule has 248 valence electrons. The van der Waals surface area contributed by atoms with Crippen LogP contribution in [0.15, 0.2) is 66.7 Å². The van der Waals surface area contributed by atoms with Crippen molar-refractivity contribution in [2.45, 2.75) is 44.9 Å². The Balaban J connectivity index is 1.45. The molecule has 14 nitrogen and oxygen atoms in total. The lowest BCUT2D eigenvalue weighted by atomic mass is 9.97. The molecule has 0 bridgehead atoms. The number of fused-ring (bicyclic) bond motifs is 1. The van der Waals surface area contributed by atoms with Gasteiger partial charge in [0.25, 0.3) is 12.7 Å². The summed E-state index contributed by atoms with van der Waals surface area (Å²) in [6, 6.07) is 17.7. The van der Waals surface area contributed by atoms with E-state index in [1.165, 1.54) is 25.3 Å². The molecule has 0 aliphatic rings. The van der Waals surface area contributed by atoms with Crippen molar-refractivity contribution in [1.29, 1.82) is 0 Å². The summed E-state index contributed by atoms with van der Waals surface area (Å²) in [5.41, 5.74) is 3.49. The number of benzene rings is 3. The van der Waals surface area contributed by atoms with Crippen molar-refractivity contribution in [1.82, 2.24) is 25.8 Å². The minimum Gasteiger partial charge on any atom is -0.479 e. The van der Waals surface area contributed by atoms with E-state index in [0.717, 1.165) is 21.5 Å². The highest BCUT2D eigenvalue weighted by Crippen LogP contribution is 2.24. The van der Waals surface area contributed by atoms with Crippen LogP contribution in [0.1, 0.15) is 36.2 Å². The molecule has 0 spiro atoms. The number of aromatic nitrogens is 3. The third-order valence-corrected chi connectivity index (χ3v) is 7.39. The number of hydrogen-bond donors (Lipinski definition) is 4. The molecule has 15 heteroatoms. The summed E-state index contributed by atoms with van der Waals surface area (Å²) in [5.74, 6) is -3.01. The number of nitrogens with one attached hydrogen (secondary N) is 2. The maximum Gasteiger partial charge on any atom is 0.407 e. The van der Waals surface area contributed by atoms with E-state index < -0.39 is 48.9 Å². The number of carbonyl (C=O) groups excluding carboxylic acids is 3. The number of nitrogens with zero attached hydrogens (tertiary/aromatic N) is 3. The summed E-state index contributed by atoms with van der Waals surface area (Å²) in [6.45, 7) is 2.85. The first-order chi connectivity index (χ1) is 22.4. The summed E-state index contributed by atoms with van der Waals surface area (Å²) in [4.78, 5) is 55.2. The predicted molar refractivity (Wildman–Crippen MR) is 169 cm³/mol. The number of carboxylic acid groups (broad SMARTS) is 1. The molecule has 4 aromatic rings. The minimum absolute atomic E-state index is 0.176. The molecule has 0 aliphatic carbocycles. The third-order valence-electron chi connectivity index (χ3n) is 7.15. The summed E-state index contributed by atoms with van der Waals surface area (Å²) < 4.78 is 9.68. The predicted octanol–water partition coefficient (Wildman–Crippen LogP) is 3.24. The van der Waals surface area contributed by atoms with Gasteiger partial charge < -0.3 is 35.2 Å². The lowest BCUT2D eigenvalue weighted by Crippen LogP contribution is -2.45. The van der Waals surface area contributed by atoms with Crippen LogP contribution in [0.3, 0.4) is 0 Å². The molecule has 2 amide bonds. The summed E-state index contributed by atoms with van der Waals surface area (Å²) in [5, 5.41) is 33.1. The van der Waals surface area contributed by atoms with Crippen molar-refractivity contribution in [2.75, 3.05) is 13.9 Å². The van der Waals surface area contributed by atoms with E-state index in [9.17, 15) is 29.4 Å². The number of aliphatic hydroxyl groups excluding tert-OH is 1. The first-order valence-electron chi connectivity index (χ1n) is 14.5. The fourth-order valence-corrected chi connectivity index (χ4v) is 4.85. The number of hydrogen-bond acceptors (Lipinski definition) is 10. The van der Waals surface area contributed by atoms with E-state index in [1.54, 1.807) is 19.9 Å². The number of alkyl carbamates (subject to hydrolysis) is 1. The third kappa shape index (κ3) is 9.40. The number of aliphatic hydroxyl groups is 1. The highest BCUT2D eigenvalue weighted by Gasteiger charge is 2.27. The topological polar surface area (TPSA) is 191 Å². The molecule has 1 aromatic heterocycles. The van der Waals surface area contributed by atoms with E-state index in [-0.39, 0.29) is 29.8 Å². The molecule has 47 heavy (non-hydrogen) atoms. The molecule has 0 saturated carbocycles. The summed E-state index contributed by atoms with van der Waals surface area (Å²) in [7, 11) is 1.17. The second kappa shape index (κ2) is 15.9. The zero-order chi connectivity index (χ0) is 34.1. The second-order valence-electron chi connectivity index (χ2n) is 10.9. The lowest BCUT2D eigenvalue weighted by molar-refractivity contribution is -0.161. The smallest absolute Gasteiger partial charge is 0.407 e. The van der Waals surface area contributed by atoms with Crippen molar-refractivity contribution < 1.29 is 43.7 Å². The Labute approximate surface area is 274 Å². The highest BCUT2D eigenvalue weighted by atomic mass is 35.5. The van der Waals surface area contributed by atoms with Crippen LogP contribution in [0.4, 0.5) is 4.79 Å². The quantitative estimate of drug-likeness (QED) is 0.114. The van der Waals surface area contributed by atoms with Gasteiger partial charge in [-0.1, -0.05) is 66.7 Å². The number of esters is 1. The fraction of sp³-hybridized carbons (Fsp3) is 0.312. The molecule has 0 radical (unpaired) electrons. The van der Waals surface area contributed by atoms with Crippen LogP contribution in [0.2, 0.25) is 5.02 Å². The van der Waals surface area contributed by atoms with Crippen molar-refractivity contribution >= 4 is 46.6 Å². The van der Waals surface area contributed by atoms with Crippen LogP contribution in [-0.2, 0) is 25.5 Å². The van der Waals surface area contributed by atoms with E-state index in [2.05, 4.69) is 25.7 Å². The molecule has 4 rings (SSSR count). The number of methoxy groups -OCH3 is 1. The van der Waals surface area contributed by atoms with Crippen LogP contribution in [0, 0.1) is 5.92 Å². The zero-order valence-electron chi connectivity index (χ0n) is 25.8. The molecule has 3 atom stereocenters. The Kier molecular flexibility index (Phi) is 11.7. The average molecular weight is 668 g/mol. The number of rotatable bonds is 14. The number of halogens is 1. The maximum absolute atomic E-state index is 13.3.